The van der Waals surface area contributed by atoms with Gasteiger partial charge in [-0.1, -0.05) is 0 Å². The third-order valence-electron chi connectivity index (χ3n) is 2.64. The quantitative estimate of drug-likeness (QED) is 0.618. The summed E-state index contributed by atoms with van der Waals surface area (Å²) in [5, 5.41) is 2.92. The number of hydrogen-bond donors (Lipinski definition) is 1. The number of alkyl halides is 2. The van der Waals surface area contributed by atoms with Crippen molar-refractivity contribution in [3.63, 3.8) is 0 Å². The highest BCUT2D eigenvalue weighted by atomic mass is 19.3. The fraction of sp³-hybridized carbons (Fsp3) is 1.00. The monoisotopic (exact) mass is 161 g/mol. The van der Waals surface area contributed by atoms with Crippen LogP contribution in [0, 0.1) is 5.92 Å². The van der Waals surface area contributed by atoms with Gasteiger partial charge in [-0.25, -0.2) is 8.78 Å². The van der Waals surface area contributed by atoms with Gasteiger partial charge >= 0.3 is 0 Å². The number of rotatable bonds is 1. The summed E-state index contributed by atoms with van der Waals surface area (Å²) in [5.41, 5.74) is 0. The largest absolute Gasteiger partial charge is 0.308 e. The molecule has 1 unspecified atom stereocenters. The van der Waals surface area contributed by atoms with E-state index in [1.807, 2.05) is 0 Å². The van der Waals surface area contributed by atoms with Gasteiger partial charge in [-0.3, -0.25) is 0 Å². The van der Waals surface area contributed by atoms with Gasteiger partial charge in [0.2, 0.25) is 0 Å². The first kappa shape index (κ1) is 7.47. The van der Waals surface area contributed by atoms with E-state index in [1.54, 1.807) is 0 Å². The molecule has 11 heavy (non-hydrogen) atoms. The fourth-order valence-electron chi connectivity index (χ4n) is 1.74. The van der Waals surface area contributed by atoms with Gasteiger partial charge in [0, 0.05) is 12.5 Å². The number of nitrogens with one attached hydrogen (secondary N) is 1. The van der Waals surface area contributed by atoms with Gasteiger partial charge in [0.05, 0.1) is 6.54 Å². The molecule has 0 spiro atoms. The Labute approximate surface area is 65.2 Å². The van der Waals surface area contributed by atoms with Crippen molar-refractivity contribution in [2.75, 3.05) is 6.54 Å². The molecule has 0 bridgehead atoms. The van der Waals surface area contributed by atoms with Gasteiger partial charge in [0.1, 0.15) is 0 Å². The van der Waals surface area contributed by atoms with E-state index in [0.717, 1.165) is 0 Å². The van der Waals surface area contributed by atoms with Crippen LogP contribution >= 0.6 is 0 Å². The van der Waals surface area contributed by atoms with Crippen molar-refractivity contribution in [3.05, 3.63) is 0 Å². The SMILES string of the molecule is FC1(F)CCC(C2CC2)NC1. The molecule has 1 aliphatic carbocycles. The molecule has 0 aromatic heterocycles. The molecule has 64 valence electrons. The minimum atomic E-state index is -2.44. The molecule has 1 heterocycles. The van der Waals surface area contributed by atoms with Crippen LogP contribution in [0.1, 0.15) is 25.7 Å². The molecule has 2 fully saturated rings. The molecule has 1 saturated carbocycles. The van der Waals surface area contributed by atoms with Crippen molar-refractivity contribution >= 4 is 0 Å². The molecule has 1 aliphatic heterocycles. The third-order valence-corrected chi connectivity index (χ3v) is 2.64. The maximum Gasteiger partial charge on any atom is 0.260 e. The van der Waals surface area contributed by atoms with Crippen molar-refractivity contribution < 1.29 is 8.78 Å². The highest BCUT2D eigenvalue weighted by molar-refractivity contribution is 4.92. The van der Waals surface area contributed by atoms with E-state index in [2.05, 4.69) is 5.32 Å². The van der Waals surface area contributed by atoms with E-state index >= 15 is 0 Å². The third kappa shape index (κ3) is 1.70. The lowest BCUT2D eigenvalue weighted by Gasteiger charge is -2.29. The number of hydrogen-bond acceptors (Lipinski definition) is 1. The summed E-state index contributed by atoms with van der Waals surface area (Å²) in [4.78, 5) is 0. The van der Waals surface area contributed by atoms with Crippen LogP contribution < -0.4 is 5.32 Å². The van der Waals surface area contributed by atoms with Crippen molar-refractivity contribution in [3.8, 4) is 0 Å². The lowest BCUT2D eigenvalue weighted by molar-refractivity contribution is -0.0318. The van der Waals surface area contributed by atoms with E-state index < -0.39 is 5.92 Å². The summed E-state index contributed by atoms with van der Waals surface area (Å²) in [6.07, 6.45) is 3.23. The van der Waals surface area contributed by atoms with E-state index in [0.29, 0.717) is 18.4 Å². The average molecular weight is 161 g/mol. The van der Waals surface area contributed by atoms with E-state index in [1.165, 1.54) is 12.8 Å². The Morgan fingerprint density at radius 3 is 2.36 bits per heavy atom. The van der Waals surface area contributed by atoms with Gasteiger partial charge in [-0.2, -0.15) is 0 Å². The zero-order valence-electron chi connectivity index (χ0n) is 6.45. The molecule has 0 aromatic rings. The predicted molar refractivity (Wildman–Crippen MR) is 38.7 cm³/mol. The van der Waals surface area contributed by atoms with Gasteiger partial charge < -0.3 is 5.32 Å². The van der Waals surface area contributed by atoms with Crippen molar-refractivity contribution in [2.45, 2.75) is 37.6 Å². The minimum Gasteiger partial charge on any atom is -0.308 e. The van der Waals surface area contributed by atoms with Crippen molar-refractivity contribution in [1.82, 2.24) is 5.32 Å². The fourth-order valence-corrected chi connectivity index (χ4v) is 1.74. The molecule has 1 atom stereocenters. The zero-order valence-corrected chi connectivity index (χ0v) is 6.45. The van der Waals surface area contributed by atoms with Crippen LogP contribution in [-0.2, 0) is 0 Å². The van der Waals surface area contributed by atoms with Gasteiger partial charge in [-0.15, -0.1) is 0 Å². The Hall–Kier alpha value is -0.180. The molecule has 3 heteroatoms. The molecule has 0 radical (unpaired) electrons. The lowest BCUT2D eigenvalue weighted by atomic mass is 9.98. The molecule has 0 amide bonds. The maximum atomic E-state index is 12.6. The summed E-state index contributed by atoms with van der Waals surface area (Å²) in [5.74, 6) is -1.73. The molecule has 2 aliphatic rings. The van der Waals surface area contributed by atoms with Crippen LogP contribution in [0.15, 0.2) is 0 Å². The first-order valence-electron chi connectivity index (χ1n) is 4.29. The number of piperidine rings is 1. The first-order valence-corrected chi connectivity index (χ1v) is 4.29. The summed E-state index contributed by atoms with van der Waals surface area (Å²) < 4.78 is 25.2. The van der Waals surface area contributed by atoms with Crippen molar-refractivity contribution in [1.29, 1.82) is 0 Å². The Kier molecular flexibility index (Phi) is 1.63. The average Bonchev–Trinajstić information content (AvgIpc) is 2.70. The Bertz CT molecular complexity index is 144. The first-order chi connectivity index (χ1) is 5.17. The summed E-state index contributed by atoms with van der Waals surface area (Å²) in [7, 11) is 0. The molecule has 1 nitrogen and oxygen atoms in total. The normalized spacial score (nSPS) is 37.1. The van der Waals surface area contributed by atoms with E-state index in [9.17, 15) is 8.78 Å². The Morgan fingerprint density at radius 1 is 1.18 bits per heavy atom. The lowest BCUT2D eigenvalue weighted by Crippen LogP contribution is -2.46. The smallest absolute Gasteiger partial charge is 0.260 e. The molecule has 0 aromatic carbocycles. The van der Waals surface area contributed by atoms with Crippen LogP contribution in [0.25, 0.3) is 0 Å². The molecule has 2 rings (SSSR count). The van der Waals surface area contributed by atoms with Crippen LogP contribution in [0.5, 0.6) is 0 Å². The highest BCUT2D eigenvalue weighted by Crippen LogP contribution is 2.38. The second kappa shape index (κ2) is 2.41. The Morgan fingerprint density at radius 2 is 1.91 bits per heavy atom. The van der Waals surface area contributed by atoms with Crippen LogP contribution in [-0.4, -0.2) is 18.5 Å². The van der Waals surface area contributed by atoms with Crippen LogP contribution in [0.3, 0.4) is 0 Å². The van der Waals surface area contributed by atoms with Crippen LogP contribution in [0.2, 0.25) is 0 Å². The summed E-state index contributed by atoms with van der Waals surface area (Å²) in [6.45, 7) is -0.103. The molecular weight excluding hydrogens is 148 g/mol. The summed E-state index contributed by atoms with van der Waals surface area (Å²) in [6, 6.07) is 0.398. The second-order valence-corrected chi connectivity index (χ2v) is 3.72. The van der Waals surface area contributed by atoms with E-state index in [-0.39, 0.29) is 13.0 Å². The van der Waals surface area contributed by atoms with Gasteiger partial charge in [0.25, 0.3) is 5.92 Å². The topological polar surface area (TPSA) is 12.0 Å². The standard InChI is InChI=1S/C8H13F2N/c9-8(10)4-3-7(11-5-8)6-1-2-6/h6-7,11H,1-5H2. The van der Waals surface area contributed by atoms with Crippen LogP contribution in [0.4, 0.5) is 8.78 Å². The zero-order chi connectivity index (χ0) is 7.90. The van der Waals surface area contributed by atoms with Crippen molar-refractivity contribution in [2.24, 2.45) is 5.92 Å². The predicted octanol–water partition coefficient (Wildman–Crippen LogP) is 1.78. The minimum absolute atomic E-state index is 0.0845. The van der Waals surface area contributed by atoms with Gasteiger partial charge in [-0.05, 0) is 25.2 Å². The second-order valence-electron chi connectivity index (χ2n) is 3.72. The molecular formula is C8H13F2N. The molecule has 1 N–H and O–H groups in total. The van der Waals surface area contributed by atoms with E-state index in [4.69, 9.17) is 0 Å². The maximum absolute atomic E-state index is 12.6. The highest BCUT2D eigenvalue weighted by Gasteiger charge is 2.40. The Balaban J connectivity index is 1.84. The number of halogens is 2. The van der Waals surface area contributed by atoms with Gasteiger partial charge in [0.15, 0.2) is 0 Å². The molecule has 1 saturated heterocycles. The summed E-state index contributed by atoms with van der Waals surface area (Å²) >= 11 is 0.